The first-order valence-corrected chi connectivity index (χ1v) is 6.86. The number of carboxylic acid groups (broad SMARTS) is 1. The van der Waals surface area contributed by atoms with Gasteiger partial charge in [0.15, 0.2) is 0 Å². The lowest BCUT2D eigenvalue weighted by molar-refractivity contribution is -0.150. The van der Waals surface area contributed by atoms with Crippen molar-refractivity contribution in [2.24, 2.45) is 0 Å². The SMILES string of the molecule is Cc1ccc(/C=C/C(=O)N2CCCCC2C(=O)O)cc1. The second-order valence-electron chi connectivity index (χ2n) is 5.13. The predicted octanol–water partition coefficient (Wildman–Crippen LogP) is 2.47. The molecule has 0 radical (unpaired) electrons. The van der Waals surface area contributed by atoms with E-state index in [9.17, 15) is 9.59 Å². The lowest BCUT2D eigenvalue weighted by atomic mass is 10.0. The molecule has 106 valence electrons. The summed E-state index contributed by atoms with van der Waals surface area (Å²) in [7, 11) is 0. The molecule has 1 amide bonds. The van der Waals surface area contributed by atoms with Crippen molar-refractivity contribution in [3.63, 3.8) is 0 Å². The Labute approximate surface area is 118 Å². The summed E-state index contributed by atoms with van der Waals surface area (Å²) >= 11 is 0. The summed E-state index contributed by atoms with van der Waals surface area (Å²) in [5.74, 6) is -1.14. The molecule has 20 heavy (non-hydrogen) atoms. The van der Waals surface area contributed by atoms with Crippen LogP contribution in [0.15, 0.2) is 30.3 Å². The van der Waals surface area contributed by atoms with Crippen LogP contribution in [0.2, 0.25) is 0 Å². The van der Waals surface area contributed by atoms with E-state index in [0.29, 0.717) is 13.0 Å². The van der Waals surface area contributed by atoms with Gasteiger partial charge in [0.05, 0.1) is 0 Å². The third kappa shape index (κ3) is 3.47. The molecule has 4 nitrogen and oxygen atoms in total. The van der Waals surface area contributed by atoms with Crippen LogP contribution < -0.4 is 0 Å². The Morgan fingerprint density at radius 2 is 1.95 bits per heavy atom. The zero-order valence-corrected chi connectivity index (χ0v) is 11.6. The van der Waals surface area contributed by atoms with Crippen molar-refractivity contribution in [1.29, 1.82) is 0 Å². The number of piperidine rings is 1. The lowest BCUT2D eigenvalue weighted by Gasteiger charge is -2.32. The van der Waals surface area contributed by atoms with E-state index in [4.69, 9.17) is 5.11 Å². The number of rotatable bonds is 3. The Kier molecular flexibility index (Phi) is 4.56. The number of amides is 1. The summed E-state index contributed by atoms with van der Waals surface area (Å²) < 4.78 is 0. The molecule has 0 bridgehead atoms. The molecule has 0 aliphatic carbocycles. The number of carbonyl (C=O) groups is 2. The molecular formula is C16H19NO3. The monoisotopic (exact) mass is 273 g/mol. The highest BCUT2D eigenvalue weighted by molar-refractivity contribution is 5.94. The minimum Gasteiger partial charge on any atom is -0.480 e. The molecule has 4 heteroatoms. The minimum atomic E-state index is -0.915. The van der Waals surface area contributed by atoms with Crippen molar-refractivity contribution in [3.8, 4) is 0 Å². The fourth-order valence-corrected chi connectivity index (χ4v) is 2.39. The molecule has 2 rings (SSSR count). The van der Waals surface area contributed by atoms with Crippen LogP contribution in [0.1, 0.15) is 30.4 Å². The Balaban J connectivity index is 2.06. The van der Waals surface area contributed by atoms with E-state index in [0.717, 1.165) is 24.0 Å². The first kappa shape index (κ1) is 14.3. The molecule has 1 heterocycles. The molecule has 1 saturated heterocycles. The van der Waals surface area contributed by atoms with Gasteiger partial charge in [-0.25, -0.2) is 4.79 Å². The van der Waals surface area contributed by atoms with Crippen LogP contribution >= 0.6 is 0 Å². The molecule has 0 aromatic heterocycles. The summed E-state index contributed by atoms with van der Waals surface area (Å²) in [6.07, 6.45) is 5.47. The van der Waals surface area contributed by atoms with E-state index in [-0.39, 0.29) is 5.91 Å². The molecule has 1 fully saturated rings. The van der Waals surface area contributed by atoms with Crippen LogP contribution in [-0.4, -0.2) is 34.5 Å². The topological polar surface area (TPSA) is 57.6 Å². The molecule has 1 aliphatic rings. The number of hydrogen-bond acceptors (Lipinski definition) is 2. The smallest absolute Gasteiger partial charge is 0.326 e. The quantitative estimate of drug-likeness (QED) is 0.861. The highest BCUT2D eigenvalue weighted by atomic mass is 16.4. The zero-order chi connectivity index (χ0) is 14.5. The number of benzene rings is 1. The molecule has 1 aliphatic heterocycles. The number of likely N-dealkylation sites (tertiary alicyclic amines) is 1. The van der Waals surface area contributed by atoms with Crippen LogP contribution in [0.5, 0.6) is 0 Å². The summed E-state index contributed by atoms with van der Waals surface area (Å²) in [6.45, 7) is 2.53. The highest BCUT2D eigenvalue weighted by Crippen LogP contribution is 2.18. The van der Waals surface area contributed by atoms with Gasteiger partial charge in [0.2, 0.25) is 5.91 Å². The van der Waals surface area contributed by atoms with E-state index >= 15 is 0 Å². The van der Waals surface area contributed by atoms with Crippen LogP contribution in [0.25, 0.3) is 6.08 Å². The van der Waals surface area contributed by atoms with Gasteiger partial charge in [-0.3, -0.25) is 4.79 Å². The maximum absolute atomic E-state index is 12.1. The van der Waals surface area contributed by atoms with Gasteiger partial charge < -0.3 is 10.0 Å². The maximum Gasteiger partial charge on any atom is 0.326 e. The van der Waals surface area contributed by atoms with Crippen molar-refractivity contribution in [2.45, 2.75) is 32.2 Å². The molecule has 0 spiro atoms. The number of carboxylic acids is 1. The lowest BCUT2D eigenvalue weighted by Crippen LogP contribution is -2.47. The van der Waals surface area contributed by atoms with Gasteiger partial charge >= 0.3 is 5.97 Å². The Morgan fingerprint density at radius 3 is 2.60 bits per heavy atom. The first-order valence-electron chi connectivity index (χ1n) is 6.86. The van der Waals surface area contributed by atoms with Gasteiger partial charge in [-0.1, -0.05) is 29.8 Å². The molecular weight excluding hydrogens is 254 g/mol. The number of hydrogen-bond donors (Lipinski definition) is 1. The molecule has 1 N–H and O–H groups in total. The Hall–Kier alpha value is -2.10. The van der Waals surface area contributed by atoms with Crippen molar-refractivity contribution >= 4 is 18.0 Å². The van der Waals surface area contributed by atoms with E-state index in [1.165, 1.54) is 11.0 Å². The van der Waals surface area contributed by atoms with E-state index in [1.54, 1.807) is 6.08 Å². The Bertz CT molecular complexity index is 519. The van der Waals surface area contributed by atoms with E-state index in [1.807, 2.05) is 31.2 Å². The van der Waals surface area contributed by atoms with Crippen molar-refractivity contribution in [2.75, 3.05) is 6.54 Å². The van der Waals surface area contributed by atoms with Crippen molar-refractivity contribution in [3.05, 3.63) is 41.5 Å². The van der Waals surface area contributed by atoms with E-state index < -0.39 is 12.0 Å². The zero-order valence-electron chi connectivity index (χ0n) is 11.6. The molecule has 1 aromatic carbocycles. The highest BCUT2D eigenvalue weighted by Gasteiger charge is 2.30. The summed E-state index contributed by atoms with van der Waals surface area (Å²) in [6, 6.07) is 7.14. The van der Waals surface area contributed by atoms with Gasteiger partial charge in [-0.2, -0.15) is 0 Å². The predicted molar refractivity (Wildman–Crippen MR) is 77.2 cm³/mol. The Morgan fingerprint density at radius 1 is 1.25 bits per heavy atom. The van der Waals surface area contributed by atoms with Gasteiger partial charge in [0.25, 0.3) is 0 Å². The van der Waals surface area contributed by atoms with Gasteiger partial charge in [0.1, 0.15) is 6.04 Å². The van der Waals surface area contributed by atoms with Crippen molar-refractivity contribution < 1.29 is 14.7 Å². The number of carbonyl (C=O) groups excluding carboxylic acids is 1. The van der Waals surface area contributed by atoms with Crippen molar-refractivity contribution in [1.82, 2.24) is 4.90 Å². The molecule has 1 unspecified atom stereocenters. The minimum absolute atomic E-state index is 0.224. The standard InChI is InChI=1S/C16H19NO3/c1-12-5-7-13(8-6-12)9-10-15(18)17-11-3-2-4-14(17)16(19)20/h5-10,14H,2-4,11H2,1H3,(H,19,20)/b10-9+. The van der Waals surface area contributed by atoms with Gasteiger partial charge in [-0.05, 0) is 37.8 Å². The first-order chi connectivity index (χ1) is 9.58. The number of aryl methyl sites for hydroxylation is 1. The second kappa shape index (κ2) is 6.37. The van der Waals surface area contributed by atoms with Gasteiger partial charge in [0, 0.05) is 12.6 Å². The average molecular weight is 273 g/mol. The summed E-state index contributed by atoms with van der Waals surface area (Å²) in [5.41, 5.74) is 2.10. The summed E-state index contributed by atoms with van der Waals surface area (Å²) in [5, 5.41) is 9.16. The van der Waals surface area contributed by atoms with Crippen LogP contribution in [0.4, 0.5) is 0 Å². The second-order valence-corrected chi connectivity index (χ2v) is 5.13. The largest absolute Gasteiger partial charge is 0.480 e. The molecule has 1 aromatic rings. The average Bonchev–Trinajstić information content (AvgIpc) is 2.46. The van der Waals surface area contributed by atoms with Crippen LogP contribution in [0, 0.1) is 6.92 Å². The molecule has 1 atom stereocenters. The fourth-order valence-electron chi connectivity index (χ4n) is 2.39. The van der Waals surface area contributed by atoms with Gasteiger partial charge in [-0.15, -0.1) is 0 Å². The summed E-state index contributed by atoms with van der Waals surface area (Å²) in [4.78, 5) is 24.7. The van der Waals surface area contributed by atoms with Crippen LogP contribution in [0.3, 0.4) is 0 Å². The third-order valence-electron chi connectivity index (χ3n) is 3.57. The maximum atomic E-state index is 12.1. The van der Waals surface area contributed by atoms with Crippen LogP contribution in [-0.2, 0) is 9.59 Å². The normalized spacial score (nSPS) is 19.2. The third-order valence-corrected chi connectivity index (χ3v) is 3.57. The van der Waals surface area contributed by atoms with E-state index in [2.05, 4.69) is 0 Å². The number of nitrogens with zero attached hydrogens (tertiary/aromatic N) is 1. The number of aliphatic carboxylic acids is 1. The fraction of sp³-hybridized carbons (Fsp3) is 0.375. The molecule has 0 saturated carbocycles.